The van der Waals surface area contributed by atoms with Gasteiger partial charge in [-0.05, 0) is 53.6 Å². The molecule has 0 unspecified atom stereocenters. The van der Waals surface area contributed by atoms with E-state index in [-0.39, 0.29) is 0 Å². The quantitative estimate of drug-likeness (QED) is 0.475. The zero-order valence-electron chi connectivity index (χ0n) is 10.1. The number of nitrogens with zero attached hydrogens (tertiary/aromatic N) is 2. The molecular weight excluding hydrogens is 339 g/mol. The molecule has 0 fully saturated rings. The number of nitrogens with one attached hydrogen (secondary N) is 1. The van der Waals surface area contributed by atoms with Crippen LogP contribution in [0.4, 0.5) is 11.4 Å². The summed E-state index contributed by atoms with van der Waals surface area (Å²) in [7, 11) is 0. The molecule has 2 aromatic rings. The van der Waals surface area contributed by atoms with E-state index in [1.807, 2.05) is 36.9 Å². The first kappa shape index (κ1) is 13.2. The molecule has 0 aliphatic rings. The Morgan fingerprint density at radius 1 is 1.33 bits per heavy atom. The van der Waals surface area contributed by atoms with Gasteiger partial charge in [-0.15, -0.1) is 0 Å². The molecule has 3 N–H and O–H groups in total. The molecule has 1 heterocycles. The molecule has 0 aliphatic heterocycles. The Labute approximate surface area is 121 Å². The number of anilines is 2. The van der Waals surface area contributed by atoms with Crippen molar-refractivity contribution in [3.05, 3.63) is 40.5 Å². The van der Waals surface area contributed by atoms with E-state index in [0.717, 1.165) is 37.3 Å². The normalized spacial score (nSPS) is 10.5. The van der Waals surface area contributed by atoms with Crippen LogP contribution in [0, 0.1) is 3.57 Å². The summed E-state index contributed by atoms with van der Waals surface area (Å²) in [5.74, 6) is 0. The van der Waals surface area contributed by atoms with Gasteiger partial charge in [-0.1, -0.05) is 0 Å². The second kappa shape index (κ2) is 6.63. The van der Waals surface area contributed by atoms with E-state index in [9.17, 15) is 0 Å². The zero-order chi connectivity index (χ0) is 12.8. The fraction of sp³-hybridized carbons (Fsp3) is 0.308. The molecule has 0 saturated carbocycles. The first-order valence-electron chi connectivity index (χ1n) is 6.00. The zero-order valence-corrected chi connectivity index (χ0v) is 12.3. The Hall–Kier alpha value is -1.24. The smallest absolute Gasteiger partial charge is 0.0945 e. The average molecular weight is 356 g/mol. The van der Waals surface area contributed by atoms with E-state index in [2.05, 4.69) is 37.5 Å². The lowest BCUT2D eigenvalue weighted by atomic mass is 10.2. The highest BCUT2D eigenvalue weighted by atomic mass is 127. The molecule has 1 aromatic heterocycles. The van der Waals surface area contributed by atoms with Crippen LogP contribution in [0.2, 0.25) is 0 Å². The molecule has 1 aromatic carbocycles. The molecule has 4 nitrogen and oxygen atoms in total. The summed E-state index contributed by atoms with van der Waals surface area (Å²) in [5, 5.41) is 3.43. The van der Waals surface area contributed by atoms with Gasteiger partial charge in [0.15, 0.2) is 0 Å². The van der Waals surface area contributed by atoms with E-state index < -0.39 is 0 Å². The number of unbranched alkanes of at least 4 members (excludes halogenated alkanes) is 1. The third-order valence-electron chi connectivity index (χ3n) is 2.71. The van der Waals surface area contributed by atoms with Crippen molar-refractivity contribution in [2.24, 2.45) is 0 Å². The van der Waals surface area contributed by atoms with Gasteiger partial charge in [-0.3, -0.25) is 0 Å². The number of aromatic nitrogens is 2. The van der Waals surface area contributed by atoms with Crippen LogP contribution in [-0.4, -0.2) is 16.1 Å². The average Bonchev–Trinajstić information content (AvgIpc) is 2.84. The Bertz CT molecular complexity index is 482. The molecule has 0 atom stereocenters. The Morgan fingerprint density at radius 3 is 2.94 bits per heavy atom. The summed E-state index contributed by atoms with van der Waals surface area (Å²) in [6, 6.07) is 5.94. The fourth-order valence-electron chi connectivity index (χ4n) is 1.74. The Balaban J connectivity index is 1.69. The number of benzene rings is 1. The molecule has 2 rings (SSSR count). The van der Waals surface area contributed by atoms with Crippen LogP contribution in [0.25, 0.3) is 0 Å². The molecule has 0 bridgehead atoms. The molecule has 96 valence electrons. The van der Waals surface area contributed by atoms with Gasteiger partial charge in [0.1, 0.15) is 0 Å². The van der Waals surface area contributed by atoms with Crippen LogP contribution >= 0.6 is 22.6 Å². The predicted octanol–water partition coefficient (Wildman–Crippen LogP) is 2.96. The second-order valence-corrected chi connectivity index (χ2v) is 5.34. The van der Waals surface area contributed by atoms with E-state index in [4.69, 9.17) is 5.73 Å². The molecule has 0 saturated heterocycles. The van der Waals surface area contributed by atoms with Crippen molar-refractivity contribution >= 4 is 34.0 Å². The maximum Gasteiger partial charge on any atom is 0.0945 e. The first-order chi connectivity index (χ1) is 8.75. The van der Waals surface area contributed by atoms with Gasteiger partial charge in [0.25, 0.3) is 0 Å². The lowest BCUT2D eigenvalue weighted by Crippen LogP contribution is -2.05. The first-order valence-corrected chi connectivity index (χ1v) is 7.08. The van der Waals surface area contributed by atoms with E-state index in [1.165, 1.54) is 3.57 Å². The summed E-state index contributed by atoms with van der Waals surface area (Å²) in [6.07, 6.45) is 7.95. The van der Waals surface area contributed by atoms with Gasteiger partial charge in [0.2, 0.25) is 0 Å². The van der Waals surface area contributed by atoms with E-state index in [0.29, 0.717) is 0 Å². The highest BCUT2D eigenvalue weighted by Gasteiger charge is 1.99. The van der Waals surface area contributed by atoms with Crippen LogP contribution < -0.4 is 11.1 Å². The van der Waals surface area contributed by atoms with Crippen molar-refractivity contribution in [2.45, 2.75) is 19.4 Å². The minimum Gasteiger partial charge on any atom is -0.399 e. The number of imidazole rings is 1. The third-order valence-corrected chi connectivity index (χ3v) is 3.60. The lowest BCUT2D eigenvalue weighted by Gasteiger charge is -2.09. The van der Waals surface area contributed by atoms with Crippen molar-refractivity contribution < 1.29 is 0 Å². The van der Waals surface area contributed by atoms with Gasteiger partial charge in [-0.2, -0.15) is 0 Å². The van der Waals surface area contributed by atoms with Crippen LogP contribution in [-0.2, 0) is 6.54 Å². The molecular formula is C13H17IN4. The third kappa shape index (κ3) is 3.90. The highest BCUT2D eigenvalue weighted by Crippen LogP contribution is 2.20. The molecule has 5 heteroatoms. The Kier molecular flexibility index (Phi) is 4.86. The largest absolute Gasteiger partial charge is 0.399 e. The number of rotatable bonds is 6. The molecule has 0 aliphatic carbocycles. The maximum absolute atomic E-state index is 5.72. The van der Waals surface area contributed by atoms with Gasteiger partial charge >= 0.3 is 0 Å². The number of aryl methyl sites for hydroxylation is 1. The van der Waals surface area contributed by atoms with Crippen LogP contribution in [0.5, 0.6) is 0 Å². The number of hydrogen-bond donors (Lipinski definition) is 2. The van der Waals surface area contributed by atoms with Gasteiger partial charge in [-0.25, -0.2) is 4.98 Å². The maximum atomic E-state index is 5.72. The number of nitrogens with two attached hydrogens (primary N) is 1. The topological polar surface area (TPSA) is 55.9 Å². The summed E-state index contributed by atoms with van der Waals surface area (Å²) in [5.41, 5.74) is 7.69. The predicted molar refractivity (Wildman–Crippen MR) is 83.5 cm³/mol. The number of hydrogen-bond acceptors (Lipinski definition) is 3. The van der Waals surface area contributed by atoms with Crippen LogP contribution in [0.3, 0.4) is 0 Å². The summed E-state index contributed by atoms with van der Waals surface area (Å²) in [4.78, 5) is 4.02. The molecule has 0 spiro atoms. The molecule has 0 radical (unpaired) electrons. The van der Waals surface area contributed by atoms with Crippen molar-refractivity contribution in [1.82, 2.24) is 9.55 Å². The van der Waals surface area contributed by atoms with Crippen molar-refractivity contribution in [3.8, 4) is 0 Å². The van der Waals surface area contributed by atoms with Crippen molar-refractivity contribution in [1.29, 1.82) is 0 Å². The Morgan fingerprint density at radius 2 is 2.22 bits per heavy atom. The summed E-state index contributed by atoms with van der Waals surface area (Å²) < 4.78 is 3.27. The SMILES string of the molecule is Nc1ccc(NCCCCn2ccnc2)c(I)c1. The fourth-order valence-corrected chi connectivity index (χ4v) is 2.47. The highest BCUT2D eigenvalue weighted by molar-refractivity contribution is 14.1. The van der Waals surface area contributed by atoms with Gasteiger partial charge < -0.3 is 15.6 Å². The number of nitrogen functional groups attached to an aromatic ring is 1. The minimum atomic E-state index is 0.810. The minimum absolute atomic E-state index is 0.810. The monoisotopic (exact) mass is 356 g/mol. The van der Waals surface area contributed by atoms with Crippen LogP contribution in [0.1, 0.15) is 12.8 Å². The molecule has 0 amide bonds. The summed E-state index contributed by atoms with van der Waals surface area (Å²) >= 11 is 2.30. The molecule has 18 heavy (non-hydrogen) atoms. The van der Waals surface area contributed by atoms with Crippen LogP contribution in [0.15, 0.2) is 36.9 Å². The number of halogens is 1. The van der Waals surface area contributed by atoms with Crippen molar-refractivity contribution in [2.75, 3.05) is 17.6 Å². The van der Waals surface area contributed by atoms with E-state index >= 15 is 0 Å². The van der Waals surface area contributed by atoms with E-state index in [1.54, 1.807) is 0 Å². The van der Waals surface area contributed by atoms with Gasteiger partial charge in [0, 0.05) is 40.4 Å². The lowest BCUT2D eigenvalue weighted by molar-refractivity contribution is 0.621. The summed E-state index contributed by atoms with van der Waals surface area (Å²) in [6.45, 7) is 2.01. The standard InChI is InChI=1S/C13H17IN4/c14-12-9-11(15)3-4-13(12)17-5-1-2-7-18-8-6-16-10-18/h3-4,6,8-10,17H,1-2,5,7,15H2. The van der Waals surface area contributed by atoms with Crippen molar-refractivity contribution in [3.63, 3.8) is 0 Å². The van der Waals surface area contributed by atoms with Gasteiger partial charge in [0.05, 0.1) is 6.33 Å². The second-order valence-electron chi connectivity index (χ2n) is 4.17.